The van der Waals surface area contributed by atoms with Gasteiger partial charge in [-0.15, -0.1) is 0 Å². The number of halogens is 2. The largest absolute Gasteiger partial charge is 0.465 e. The van der Waals surface area contributed by atoms with Gasteiger partial charge in [0.2, 0.25) is 5.78 Å². The molecule has 25 heavy (non-hydrogen) atoms. The van der Waals surface area contributed by atoms with Gasteiger partial charge < -0.3 is 10.1 Å². The molecule has 0 saturated heterocycles. The first kappa shape index (κ1) is 16.1. The number of carbonyl (C=O) groups excluding carboxylic acids is 1. The lowest BCUT2D eigenvalue weighted by Gasteiger charge is -2.08. The molecule has 0 bridgehead atoms. The molecule has 0 unspecified atom stereocenters. The Kier molecular flexibility index (Phi) is 3.86. The average Bonchev–Trinajstić information content (AvgIpc) is 3.00. The topological polar surface area (TPSA) is 119 Å². The first-order valence-corrected chi connectivity index (χ1v) is 6.82. The lowest BCUT2D eigenvalue weighted by Crippen LogP contribution is -2.13. The van der Waals surface area contributed by atoms with Crippen LogP contribution in [-0.2, 0) is 0 Å². The number of fused-ring (bicyclic) bond motifs is 1. The van der Waals surface area contributed by atoms with Crippen molar-refractivity contribution in [1.29, 1.82) is 5.26 Å². The van der Waals surface area contributed by atoms with Crippen molar-refractivity contribution in [3.05, 3.63) is 58.9 Å². The molecule has 0 atom stereocenters. The van der Waals surface area contributed by atoms with Crippen LogP contribution in [0.15, 0.2) is 30.6 Å². The molecule has 0 saturated carbocycles. The third-order valence-corrected chi connectivity index (χ3v) is 3.46. The molecule has 124 valence electrons. The number of carboxylic acid groups (broad SMARTS) is 1. The number of H-pyrrole nitrogens is 1. The summed E-state index contributed by atoms with van der Waals surface area (Å²) in [5.41, 5.74) is -1.11. The van der Waals surface area contributed by atoms with Gasteiger partial charge in [0.25, 0.3) is 0 Å². The zero-order valence-corrected chi connectivity index (χ0v) is 12.3. The van der Waals surface area contributed by atoms with Gasteiger partial charge in [0, 0.05) is 23.3 Å². The Morgan fingerprint density at radius 3 is 2.76 bits per heavy atom. The Morgan fingerprint density at radius 2 is 2.08 bits per heavy atom. The number of hydrogen-bond donors (Lipinski definition) is 3. The fraction of sp³-hybridized carbons (Fsp3) is 0. The summed E-state index contributed by atoms with van der Waals surface area (Å²) in [6.45, 7) is 0. The summed E-state index contributed by atoms with van der Waals surface area (Å²) in [5, 5.41) is 19.6. The highest BCUT2D eigenvalue weighted by molar-refractivity contribution is 6.16. The summed E-state index contributed by atoms with van der Waals surface area (Å²) in [6, 6.07) is 4.88. The number of amides is 1. The van der Waals surface area contributed by atoms with Crippen molar-refractivity contribution in [2.45, 2.75) is 0 Å². The minimum absolute atomic E-state index is 0.0927. The Hall–Kier alpha value is -3.80. The molecule has 0 fully saturated rings. The van der Waals surface area contributed by atoms with Gasteiger partial charge in [-0.2, -0.15) is 5.26 Å². The minimum atomic E-state index is -1.56. The van der Waals surface area contributed by atoms with Gasteiger partial charge in [-0.1, -0.05) is 0 Å². The van der Waals surface area contributed by atoms with Gasteiger partial charge in [-0.25, -0.2) is 18.6 Å². The second-order valence-corrected chi connectivity index (χ2v) is 4.98. The summed E-state index contributed by atoms with van der Waals surface area (Å²) in [7, 11) is 0. The number of aromatic amines is 1. The molecule has 1 aromatic carbocycles. The number of ketones is 1. The van der Waals surface area contributed by atoms with Crippen LogP contribution in [0, 0.1) is 23.0 Å². The summed E-state index contributed by atoms with van der Waals surface area (Å²) < 4.78 is 28.5. The summed E-state index contributed by atoms with van der Waals surface area (Å²) in [4.78, 5) is 29.9. The van der Waals surface area contributed by atoms with Gasteiger partial charge >= 0.3 is 6.09 Å². The van der Waals surface area contributed by atoms with E-state index in [4.69, 9.17) is 10.4 Å². The molecule has 0 aliphatic rings. The molecular weight excluding hydrogens is 334 g/mol. The van der Waals surface area contributed by atoms with E-state index < -0.39 is 34.8 Å². The second-order valence-electron chi connectivity index (χ2n) is 4.98. The van der Waals surface area contributed by atoms with Crippen molar-refractivity contribution in [3.8, 4) is 6.07 Å². The number of aromatic nitrogens is 2. The van der Waals surface area contributed by atoms with Crippen molar-refractivity contribution in [3.63, 3.8) is 0 Å². The van der Waals surface area contributed by atoms with E-state index in [0.717, 1.165) is 12.1 Å². The van der Waals surface area contributed by atoms with E-state index in [1.165, 1.54) is 18.5 Å². The number of anilines is 1. The number of nitriles is 1. The number of nitrogens with one attached hydrogen (secondary N) is 2. The molecule has 0 aliphatic heterocycles. The fourth-order valence-corrected chi connectivity index (χ4v) is 2.36. The number of pyridine rings is 1. The van der Waals surface area contributed by atoms with Gasteiger partial charge in [0.15, 0.2) is 5.82 Å². The third-order valence-electron chi connectivity index (χ3n) is 3.46. The predicted molar refractivity (Wildman–Crippen MR) is 82.2 cm³/mol. The van der Waals surface area contributed by atoms with Crippen LogP contribution in [0.2, 0.25) is 0 Å². The minimum Gasteiger partial charge on any atom is -0.465 e. The van der Waals surface area contributed by atoms with Crippen LogP contribution in [0.4, 0.5) is 19.3 Å². The highest BCUT2D eigenvalue weighted by Gasteiger charge is 2.25. The van der Waals surface area contributed by atoms with Crippen LogP contribution in [0.3, 0.4) is 0 Å². The van der Waals surface area contributed by atoms with Crippen LogP contribution in [-0.4, -0.2) is 27.0 Å². The fourth-order valence-electron chi connectivity index (χ4n) is 2.36. The maximum absolute atomic E-state index is 14.4. The van der Waals surface area contributed by atoms with Crippen LogP contribution in [0.5, 0.6) is 0 Å². The lowest BCUT2D eigenvalue weighted by molar-refractivity contribution is 0.103. The Balaban J connectivity index is 2.16. The molecule has 3 N–H and O–H groups in total. The monoisotopic (exact) mass is 342 g/mol. The number of nitrogens with zero attached hydrogens (tertiary/aromatic N) is 2. The normalized spacial score (nSPS) is 10.4. The molecule has 1 amide bonds. The van der Waals surface area contributed by atoms with Gasteiger partial charge in [0.05, 0.1) is 16.8 Å². The van der Waals surface area contributed by atoms with E-state index >= 15 is 0 Å². The molecule has 3 aromatic rings. The SMILES string of the molecule is N#Cc1cnc2[nH]cc(C(=O)c3c(F)ccc(NC(=O)O)c3F)c2c1. The van der Waals surface area contributed by atoms with Crippen molar-refractivity contribution in [1.82, 2.24) is 9.97 Å². The number of benzene rings is 1. The van der Waals surface area contributed by atoms with Gasteiger partial charge in [-0.3, -0.25) is 10.1 Å². The third kappa shape index (κ3) is 2.76. The molecule has 7 nitrogen and oxygen atoms in total. The number of carbonyl (C=O) groups is 2. The molecule has 3 rings (SSSR count). The zero-order valence-electron chi connectivity index (χ0n) is 12.3. The molecular formula is C16H8F2N4O3. The molecule has 0 aliphatic carbocycles. The number of rotatable bonds is 3. The average molecular weight is 342 g/mol. The summed E-state index contributed by atoms with van der Waals surface area (Å²) in [5.74, 6) is -3.48. The molecule has 0 spiro atoms. The standard InChI is InChI=1S/C16H8F2N4O3/c17-10-1-2-11(22-16(24)25)13(18)12(10)14(23)9-6-21-15-8(9)3-7(4-19)5-20-15/h1-3,5-6,22H,(H,20,21)(H,24,25). The van der Waals surface area contributed by atoms with Crippen LogP contribution < -0.4 is 5.32 Å². The second kappa shape index (κ2) is 6.01. The Morgan fingerprint density at radius 1 is 1.32 bits per heavy atom. The molecule has 0 radical (unpaired) electrons. The van der Waals surface area contributed by atoms with Crippen LogP contribution in [0.1, 0.15) is 21.5 Å². The van der Waals surface area contributed by atoms with Crippen molar-refractivity contribution in [2.24, 2.45) is 0 Å². The van der Waals surface area contributed by atoms with E-state index in [1.807, 2.05) is 6.07 Å². The van der Waals surface area contributed by atoms with Crippen molar-refractivity contribution >= 4 is 28.6 Å². The van der Waals surface area contributed by atoms with Crippen LogP contribution in [0.25, 0.3) is 11.0 Å². The Bertz CT molecular complexity index is 1070. The van der Waals surface area contributed by atoms with Crippen LogP contribution >= 0.6 is 0 Å². The first-order chi connectivity index (χ1) is 11.9. The smallest absolute Gasteiger partial charge is 0.409 e. The Labute approximate surface area is 138 Å². The number of hydrogen-bond acceptors (Lipinski definition) is 4. The van der Waals surface area contributed by atoms with E-state index in [2.05, 4.69) is 9.97 Å². The maximum Gasteiger partial charge on any atom is 0.409 e. The van der Waals surface area contributed by atoms with E-state index in [1.54, 1.807) is 5.32 Å². The molecule has 2 aromatic heterocycles. The lowest BCUT2D eigenvalue weighted by atomic mass is 10.0. The van der Waals surface area contributed by atoms with Crippen molar-refractivity contribution < 1.29 is 23.5 Å². The van der Waals surface area contributed by atoms with Crippen molar-refractivity contribution in [2.75, 3.05) is 5.32 Å². The summed E-state index contributed by atoms with van der Waals surface area (Å²) >= 11 is 0. The zero-order chi connectivity index (χ0) is 18.1. The highest BCUT2D eigenvalue weighted by Crippen LogP contribution is 2.27. The maximum atomic E-state index is 14.4. The highest BCUT2D eigenvalue weighted by atomic mass is 19.1. The van der Waals surface area contributed by atoms with Gasteiger partial charge in [-0.05, 0) is 18.2 Å². The predicted octanol–water partition coefficient (Wildman–Crippen LogP) is 3.03. The van der Waals surface area contributed by atoms with E-state index in [-0.39, 0.29) is 22.2 Å². The first-order valence-electron chi connectivity index (χ1n) is 6.82. The van der Waals surface area contributed by atoms with E-state index in [0.29, 0.717) is 0 Å². The quantitative estimate of drug-likeness (QED) is 0.632. The summed E-state index contributed by atoms with van der Waals surface area (Å²) in [6.07, 6.45) is 0.946. The molecule has 2 heterocycles. The van der Waals surface area contributed by atoms with Gasteiger partial charge in [0.1, 0.15) is 17.5 Å². The molecule has 9 heteroatoms. The van der Waals surface area contributed by atoms with E-state index in [9.17, 15) is 18.4 Å².